The number of nitrogens with one attached hydrogen (secondary N) is 1. The Kier molecular flexibility index (Phi) is 4.60. The minimum atomic E-state index is -3.29. The monoisotopic (exact) mass is 360 g/mol. The number of nitrogens with zero attached hydrogens (tertiary/aromatic N) is 3. The molecule has 7 heteroatoms. The average molecular weight is 360 g/mol. The quantitative estimate of drug-likeness (QED) is 0.906. The molecule has 2 heterocycles. The van der Waals surface area contributed by atoms with Crippen LogP contribution in [0.5, 0.6) is 0 Å². The summed E-state index contributed by atoms with van der Waals surface area (Å²) in [5, 5.41) is -0.380. The van der Waals surface area contributed by atoms with Crippen molar-refractivity contribution in [3.63, 3.8) is 0 Å². The molecule has 2 aromatic rings. The van der Waals surface area contributed by atoms with Crippen molar-refractivity contribution in [3.8, 4) is 0 Å². The SMILES string of the molecule is O=S(=O)(NC1CCCC1)[C@@H]1CCCN(c2cnc3ccccc3n2)C1. The van der Waals surface area contributed by atoms with Crippen LogP contribution in [0.2, 0.25) is 0 Å². The Morgan fingerprint density at radius 2 is 1.80 bits per heavy atom. The van der Waals surface area contributed by atoms with E-state index in [2.05, 4.69) is 19.6 Å². The standard InChI is InChI=1S/C18H24N4O2S/c23-25(24,21-14-6-1-2-7-14)15-8-5-11-22(13-15)18-12-19-16-9-3-4-10-17(16)20-18/h3-4,9-10,12,14-15,21H,1-2,5-8,11,13H2/t15-/m1/s1. The summed E-state index contributed by atoms with van der Waals surface area (Å²) in [4.78, 5) is 11.2. The lowest BCUT2D eigenvalue weighted by molar-refractivity contribution is 0.505. The van der Waals surface area contributed by atoms with Crippen molar-refractivity contribution in [2.75, 3.05) is 18.0 Å². The Morgan fingerprint density at radius 1 is 1.04 bits per heavy atom. The van der Waals surface area contributed by atoms with Crippen molar-refractivity contribution in [1.82, 2.24) is 14.7 Å². The van der Waals surface area contributed by atoms with Gasteiger partial charge in [-0.1, -0.05) is 25.0 Å². The Bertz CT molecular complexity index is 849. The summed E-state index contributed by atoms with van der Waals surface area (Å²) < 4.78 is 28.5. The topological polar surface area (TPSA) is 75.2 Å². The zero-order chi connectivity index (χ0) is 17.3. The molecule has 1 aromatic heterocycles. The zero-order valence-corrected chi connectivity index (χ0v) is 15.1. The van der Waals surface area contributed by atoms with Crippen molar-refractivity contribution in [1.29, 1.82) is 0 Å². The third kappa shape index (κ3) is 3.62. The number of anilines is 1. The molecule has 1 aliphatic carbocycles. The number of fused-ring (bicyclic) bond motifs is 1. The molecule has 0 spiro atoms. The highest BCUT2D eigenvalue weighted by atomic mass is 32.2. The lowest BCUT2D eigenvalue weighted by atomic mass is 10.1. The van der Waals surface area contributed by atoms with E-state index >= 15 is 0 Å². The summed E-state index contributed by atoms with van der Waals surface area (Å²) in [6.07, 6.45) is 7.48. The normalized spacial score (nSPS) is 22.6. The Balaban J connectivity index is 1.51. The highest BCUT2D eigenvalue weighted by molar-refractivity contribution is 7.90. The van der Waals surface area contributed by atoms with Gasteiger partial charge in [-0.2, -0.15) is 0 Å². The van der Waals surface area contributed by atoms with Crippen molar-refractivity contribution in [2.24, 2.45) is 0 Å². The molecule has 4 rings (SSSR count). The predicted molar refractivity (Wildman–Crippen MR) is 99.1 cm³/mol. The second kappa shape index (κ2) is 6.88. The van der Waals surface area contributed by atoms with Gasteiger partial charge in [0.25, 0.3) is 0 Å². The Hall–Kier alpha value is -1.73. The summed E-state index contributed by atoms with van der Waals surface area (Å²) in [5.41, 5.74) is 1.70. The number of sulfonamides is 1. The molecule has 0 amide bonds. The molecule has 0 bridgehead atoms. The third-order valence-corrected chi connectivity index (χ3v) is 7.19. The van der Waals surface area contributed by atoms with Crippen LogP contribution in [0, 0.1) is 0 Å². The van der Waals surface area contributed by atoms with Crippen LogP contribution in [0.25, 0.3) is 11.0 Å². The van der Waals surface area contributed by atoms with E-state index in [1.54, 1.807) is 6.20 Å². The molecular weight excluding hydrogens is 336 g/mol. The van der Waals surface area contributed by atoms with Gasteiger partial charge in [-0.3, -0.25) is 4.98 Å². The van der Waals surface area contributed by atoms with Crippen molar-refractivity contribution >= 4 is 26.9 Å². The second-order valence-corrected chi connectivity index (χ2v) is 9.06. The second-order valence-electron chi connectivity index (χ2n) is 7.07. The maximum absolute atomic E-state index is 12.8. The van der Waals surface area contributed by atoms with Crippen molar-refractivity contribution in [3.05, 3.63) is 30.5 Å². The number of hydrogen-bond acceptors (Lipinski definition) is 5. The molecule has 0 radical (unpaired) electrons. The van der Waals surface area contributed by atoms with Crippen LogP contribution in [0.4, 0.5) is 5.82 Å². The van der Waals surface area contributed by atoms with Crippen LogP contribution in [0.3, 0.4) is 0 Å². The minimum Gasteiger partial charge on any atom is -0.354 e. The van der Waals surface area contributed by atoms with Gasteiger partial charge in [0.1, 0.15) is 5.82 Å². The lowest BCUT2D eigenvalue weighted by Crippen LogP contribution is -2.48. The van der Waals surface area contributed by atoms with Gasteiger partial charge in [0.2, 0.25) is 10.0 Å². The van der Waals surface area contributed by atoms with E-state index in [9.17, 15) is 8.42 Å². The van der Waals surface area contributed by atoms with Gasteiger partial charge >= 0.3 is 0 Å². The smallest absolute Gasteiger partial charge is 0.216 e. The molecular formula is C18H24N4O2S. The summed E-state index contributed by atoms with van der Waals surface area (Å²) in [7, 11) is -3.29. The first-order valence-electron chi connectivity index (χ1n) is 9.10. The van der Waals surface area contributed by atoms with Crippen LogP contribution in [-0.2, 0) is 10.0 Å². The number of para-hydroxylation sites is 2. The highest BCUT2D eigenvalue weighted by Gasteiger charge is 2.33. The van der Waals surface area contributed by atoms with E-state index in [-0.39, 0.29) is 11.3 Å². The van der Waals surface area contributed by atoms with Gasteiger partial charge in [0, 0.05) is 19.1 Å². The average Bonchev–Trinajstić information content (AvgIpc) is 3.14. The van der Waals surface area contributed by atoms with E-state index in [4.69, 9.17) is 0 Å². The van der Waals surface area contributed by atoms with Crippen molar-refractivity contribution < 1.29 is 8.42 Å². The fourth-order valence-electron chi connectivity index (χ4n) is 3.87. The first kappa shape index (κ1) is 16.7. The zero-order valence-electron chi connectivity index (χ0n) is 14.3. The summed E-state index contributed by atoms with van der Waals surface area (Å²) >= 11 is 0. The van der Waals surface area contributed by atoms with E-state index in [1.165, 1.54) is 0 Å². The molecule has 25 heavy (non-hydrogen) atoms. The molecule has 2 fully saturated rings. The van der Waals surface area contributed by atoms with Gasteiger partial charge in [0.05, 0.1) is 22.5 Å². The Labute approximate surface area is 148 Å². The largest absolute Gasteiger partial charge is 0.354 e. The molecule has 134 valence electrons. The first-order valence-corrected chi connectivity index (χ1v) is 10.6. The summed E-state index contributed by atoms with van der Waals surface area (Å²) in [5.74, 6) is 0.763. The van der Waals surface area contributed by atoms with Gasteiger partial charge in [0.15, 0.2) is 0 Å². The Morgan fingerprint density at radius 3 is 2.60 bits per heavy atom. The molecule has 2 aliphatic rings. The van der Waals surface area contributed by atoms with Crippen LogP contribution < -0.4 is 9.62 Å². The molecule has 1 atom stereocenters. The maximum atomic E-state index is 12.8. The van der Waals surface area contributed by atoms with E-state index in [0.29, 0.717) is 13.0 Å². The maximum Gasteiger partial charge on any atom is 0.216 e. The van der Waals surface area contributed by atoms with Gasteiger partial charge in [-0.05, 0) is 37.8 Å². The molecule has 6 nitrogen and oxygen atoms in total. The number of piperidine rings is 1. The van der Waals surface area contributed by atoms with Crippen LogP contribution >= 0.6 is 0 Å². The predicted octanol–water partition coefficient (Wildman–Crippen LogP) is 2.46. The summed E-state index contributed by atoms with van der Waals surface area (Å²) in [6, 6.07) is 7.87. The lowest BCUT2D eigenvalue weighted by Gasteiger charge is -2.33. The molecule has 1 aliphatic heterocycles. The molecule has 1 saturated carbocycles. The van der Waals surface area contributed by atoms with Crippen LogP contribution in [-0.4, -0.2) is 42.8 Å². The fraction of sp³-hybridized carbons (Fsp3) is 0.556. The molecule has 1 saturated heterocycles. The van der Waals surface area contributed by atoms with E-state index in [1.807, 2.05) is 24.3 Å². The number of rotatable bonds is 4. The van der Waals surface area contributed by atoms with E-state index in [0.717, 1.165) is 55.5 Å². The highest BCUT2D eigenvalue weighted by Crippen LogP contribution is 2.25. The van der Waals surface area contributed by atoms with Crippen LogP contribution in [0.1, 0.15) is 38.5 Å². The fourth-order valence-corrected chi connectivity index (χ4v) is 5.62. The van der Waals surface area contributed by atoms with Gasteiger partial charge < -0.3 is 4.90 Å². The molecule has 1 N–H and O–H groups in total. The van der Waals surface area contributed by atoms with Gasteiger partial charge in [-0.15, -0.1) is 0 Å². The third-order valence-electron chi connectivity index (χ3n) is 5.26. The number of hydrogen-bond donors (Lipinski definition) is 1. The van der Waals surface area contributed by atoms with Crippen molar-refractivity contribution in [2.45, 2.75) is 49.8 Å². The van der Waals surface area contributed by atoms with Gasteiger partial charge in [-0.25, -0.2) is 18.1 Å². The summed E-state index contributed by atoms with van der Waals surface area (Å²) in [6.45, 7) is 1.30. The van der Waals surface area contributed by atoms with Crippen LogP contribution in [0.15, 0.2) is 30.5 Å². The minimum absolute atomic E-state index is 0.126. The number of benzene rings is 1. The molecule has 0 unspecified atom stereocenters. The van der Waals surface area contributed by atoms with E-state index < -0.39 is 10.0 Å². The number of aromatic nitrogens is 2. The first-order chi connectivity index (χ1) is 12.1. The molecule has 1 aromatic carbocycles.